The molecule has 0 atom stereocenters. The molecular formula is C12H10BrF3N2. The average molecular weight is 319 g/mol. The number of alkyl halides is 4. The maximum atomic E-state index is 12.5. The number of aromatic nitrogens is 2. The fourth-order valence-electron chi connectivity index (χ4n) is 1.58. The van der Waals surface area contributed by atoms with Gasteiger partial charge < -0.3 is 0 Å². The molecule has 0 fully saturated rings. The lowest BCUT2D eigenvalue weighted by Crippen LogP contribution is -2.03. The molecule has 0 bridgehead atoms. The van der Waals surface area contributed by atoms with Crippen LogP contribution in [0.5, 0.6) is 0 Å². The highest BCUT2D eigenvalue weighted by atomic mass is 79.9. The first-order chi connectivity index (χ1) is 8.41. The number of rotatable bonds is 2. The Kier molecular flexibility index (Phi) is 3.47. The second-order valence-electron chi connectivity index (χ2n) is 3.92. The van der Waals surface area contributed by atoms with E-state index in [4.69, 9.17) is 0 Å². The molecule has 0 unspecified atom stereocenters. The molecule has 6 heteroatoms. The molecule has 96 valence electrons. The van der Waals surface area contributed by atoms with Crippen LogP contribution in [0.2, 0.25) is 0 Å². The van der Waals surface area contributed by atoms with Gasteiger partial charge in [-0.3, -0.25) is 0 Å². The first-order valence-electron chi connectivity index (χ1n) is 5.19. The van der Waals surface area contributed by atoms with Crippen molar-refractivity contribution in [1.82, 2.24) is 9.78 Å². The smallest absolute Gasteiger partial charge is 0.240 e. The van der Waals surface area contributed by atoms with E-state index in [1.807, 2.05) is 19.1 Å². The van der Waals surface area contributed by atoms with Gasteiger partial charge in [0.1, 0.15) is 0 Å². The van der Waals surface area contributed by atoms with Crippen molar-refractivity contribution in [3.8, 4) is 5.69 Å². The van der Waals surface area contributed by atoms with Crippen molar-refractivity contribution in [2.24, 2.45) is 0 Å². The zero-order valence-electron chi connectivity index (χ0n) is 9.50. The lowest BCUT2D eigenvalue weighted by molar-refractivity contribution is -0.137. The third-order valence-corrected chi connectivity index (χ3v) is 3.25. The van der Waals surface area contributed by atoms with E-state index in [1.165, 1.54) is 4.68 Å². The van der Waals surface area contributed by atoms with Gasteiger partial charge in [0.25, 0.3) is 0 Å². The molecule has 0 saturated carbocycles. The van der Waals surface area contributed by atoms with E-state index in [0.717, 1.165) is 23.5 Å². The molecule has 1 heterocycles. The monoisotopic (exact) mass is 318 g/mol. The Morgan fingerprint density at radius 1 is 1.33 bits per heavy atom. The van der Waals surface area contributed by atoms with Gasteiger partial charge >= 0.3 is 6.18 Å². The van der Waals surface area contributed by atoms with Crippen molar-refractivity contribution in [2.45, 2.75) is 18.4 Å². The lowest BCUT2D eigenvalue weighted by Gasteiger charge is -2.06. The summed E-state index contributed by atoms with van der Waals surface area (Å²) in [5.74, 6) is 0. The quantitative estimate of drug-likeness (QED) is 0.762. The normalized spacial score (nSPS) is 11.8. The predicted molar refractivity (Wildman–Crippen MR) is 65.9 cm³/mol. The fraction of sp³-hybridized carbons (Fsp3) is 0.250. The van der Waals surface area contributed by atoms with Gasteiger partial charge in [0.05, 0.1) is 17.4 Å². The zero-order valence-corrected chi connectivity index (χ0v) is 11.1. The Morgan fingerprint density at radius 3 is 2.56 bits per heavy atom. The highest BCUT2D eigenvalue weighted by Gasteiger charge is 2.32. The molecule has 2 aromatic rings. The molecular weight excluding hydrogens is 309 g/mol. The van der Waals surface area contributed by atoms with Gasteiger partial charge in [-0.1, -0.05) is 22.0 Å². The average Bonchev–Trinajstić information content (AvgIpc) is 2.77. The first-order valence-corrected chi connectivity index (χ1v) is 6.31. The minimum absolute atomic E-state index is 0.618. The second-order valence-corrected chi connectivity index (χ2v) is 4.48. The van der Waals surface area contributed by atoms with Crippen molar-refractivity contribution < 1.29 is 13.2 Å². The Hall–Kier alpha value is -1.30. The summed E-state index contributed by atoms with van der Waals surface area (Å²) in [6.07, 6.45) is -2.54. The van der Waals surface area contributed by atoms with Crippen molar-refractivity contribution in [3.63, 3.8) is 0 Å². The maximum absolute atomic E-state index is 12.5. The number of hydrogen-bond donors (Lipinski definition) is 0. The van der Waals surface area contributed by atoms with Crippen molar-refractivity contribution in [1.29, 1.82) is 0 Å². The van der Waals surface area contributed by atoms with E-state index in [1.54, 1.807) is 6.07 Å². The largest absolute Gasteiger partial charge is 0.419 e. The maximum Gasteiger partial charge on any atom is 0.419 e. The van der Waals surface area contributed by atoms with E-state index >= 15 is 0 Å². The van der Waals surface area contributed by atoms with Gasteiger partial charge in [-0.25, -0.2) is 4.68 Å². The van der Waals surface area contributed by atoms with Crippen LogP contribution in [0.15, 0.2) is 30.6 Å². The third kappa shape index (κ3) is 2.58. The molecule has 0 amide bonds. The molecule has 0 spiro atoms. The summed E-state index contributed by atoms with van der Waals surface area (Å²) in [6.45, 7) is 1.91. The van der Waals surface area contributed by atoms with Crippen LogP contribution >= 0.6 is 15.9 Å². The second kappa shape index (κ2) is 4.76. The summed E-state index contributed by atoms with van der Waals surface area (Å²) < 4.78 is 38.6. The van der Waals surface area contributed by atoms with E-state index in [-0.39, 0.29) is 0 Å². The molecule has 0 aliphatic carbocycles. The van der Waals surface area contributed by atoms with Gasteiger partial charge in [0.15, 0.2) is 0 Å². The van der Waals surface area contributed by atoms with E-state index in [0.29, 0.717) is 11.0 Å². The van der Waals surface area contributed by atoms with Gasteiger partial charge in [0.2, 0.25) is 0 Å². The fourth-order valence-corrected chi connectivity index (χ4v) is 2.21. The molecule has 0 aliphatic heterocycles. The topological polar surface area (TPSA) is 17.8 Å². The molecule has 0 radical (unpaired) electrons. The van der Waals surface area contributed by atoms with Crippen molar-refractivity contribution in [2.75, 3.05) is 0 Å². The van der Waals surface area contributed by atoms with Crippen molar-refractivity contribution >= 4 is 15.9 Å². The lowest BCUT2D eigenvalue weighted by atomic mass is 10.1. The number of halogens is 4. The van der Waals surface area contributed by atoms with Crippen LogP contribution in [0, 0.1) is 6.92 Å². The van der Waals surface area contributed by atoms with Gasteiger partial charge in [-0.05, 0) is 30.2 Å². The summed E-state index contributed by atoms with van der Waals surface area (Å²) in [5, 5.41) is 4.45. The summed E-state index contributed by atoms with van der Waals surface area (Å²) in [6, 6.07) is 5.43. The van der Waals surface area contributed by atoms with Crippen LogP contribution in [0.25, 0.3) is 5.69 Å². The van der Waals surface area contributed by atoms with Crippen LogP contribution < -0.4 is 0 Å². The Labute approximate surface area is 111 Å². The van der Waals surface area contributed by atoms with E-state index < -0.39 is 11.7 Å². The van der Waals surface area contributed by atoms with E-state index in [2.05, 4.69) is 21.0 Å². The Balaban J connectivity index is 2.38. The predicted octanol–water partition coefficient (Wildman–Crippen LogP) is 4.09. The Bertz CT molecular complexity index is 561. The van der Waals surface area contributed by atoms with Crippen LogP contribution in [-0.2, 0) is 11.5 Å². The highest BCUT2D eigenvalue weighted by molar-refractivity contribution is 9.08. The number of nitrogens with zero attached hydrogens (tertiary/aromatic N) is 2. The minimum Gasteiger partial charge on any atom is -0.240 e. The highest BCUT2D eigenvalue weighted by Crippen LogP contribution is 2.29. The molecule has 0 saturated heterocycles. The molecule has 0 aliphatic rings. The number of benzene rings is 1. The molecule has 1 aromatic heterocycles. The van der Waals surface area contributed by atoms with Crippen LogP contribution in [0.3, 0.4) is 0 Å². The molecule has 0 N–H and O–H groups in total. The molecule has 1 aromatic carbocycles. The molecule has 2 rings (SSSR count). The summed E-state index contributed by atoms with van der Waals surface area (Å²) in [5.41, 5.74) is 1.98. The van der Waals surface area contributed by atoms with Crippen molar-refractivity contribution in [3.05, 3.63) is 47.3 Å². The Morgan fingerprint density at radius 2 is 2.06 bits per heavy atom. The van der Waals surface area contributed by atoms with E-state index in [9.17, 15) is 13.2 Å². The van der Waals surface area contributed by atoms with Crippen LogP contribution in [-0.4, -0.2) is 9.78 Å². The molecule has 18 heavy (non-hydrogen) atoms. The van der Waals surface area contributed by atoms with Crippen LogP contribution in [0.1, 0.15) is 16.7 Å². The minimum atomic E-state index is -4.36. The van der Waals surface area contributed by atoms with Gasteiger partial charge in [0, 0.05) is 11.5 Å². The third-order valence-electron chi connectivity index (χ3n) is 2.64. The van der Waals surface area contributed by atoms with Crippen LogP contribution in [0.4, 0.5) is 13.2 Å². The zero-order chi connectivity index (χ0) is 13.3. The van der Waals surface area contributed by atoms with Gasteiger partial charge in [-0.15, -0.1) is 0 Å². The first kappa shape index (κ1) is 13.1. The SMILES string of the molecule is Cc1cc(-n2cc(C(F)(F)F)cn2)ccc1CBr. The summed E-state index contributed by atoms with van der Waals surface area (Å²) in [7, 11) is 0. The summed E-state index contributed by atoms with van der Waals surface area (Å²) in [4.78, 5) is 0. The van der Waals surface area contributed by atoms with Gasteiger partial charge in [-0.2, -0.15) is 18.3 Å². The molecule has 2 nitrogen and oxygen atoms in total. The standard InChI is InChI=1S/C12H10BrF3N2/c1-8-4-11(3-2-9(8)5-13)18-7-10(6-17-18)12(14,15)16/h2-4,6-7H,5H2,1H3. The number of aryl methyl sites for hydroxylation is 1. The number of hydrogen-bond acceptors (Lipinski definition) is 1. The summed E-state index contributed by atoms with van der Waals surface area (Å²) >= 11 is 3.35.